The van der Waals surface area contributed by atoms with Crippen LogP contribution in [0.15, 0.2) is 36.7 Å². The van der Waals surface area contributed by atoms with Gasteiger partial charge in [0.1, 0.15) is 0 Å². The molecule has 3 rings (SSSR count). The smallest absolute Gasteiger partial charge is 0.252 e. The molecule has 2 N–H and O–H groups in total. The van der Waals surface area contributed by atoms with Crippen LogP contribution in [0.25, 0.3) is 0 Å². The third-order valence-electron chi connectivity index (χ3n) is 5.37. The third-order valence-corrected chi connectivity index (χ3v) is 5.37. The normalized spacial score (nSPS) is 14.7. The van der Waals surface area contributed by atoms with Gasteiger partial charge in [0.25, 0.3) is 5.91 Å². The van der Waals surface area contributed by atoms with Crippen LogP contribution in [-0.2, 0) is 6.42 Å². The van der Waals surface area contributed by atoms with Crippen molar-refractivity contribution in [2.45, 2.75) is 51.0 Å². The van der Waals surface area contributed by atoms with Gasteiger partial charge >= 0.3 is 0 Å². The van der Waals surface area contributed by atoms with Crippen LogP contribution >= 0.6 is 0 Å². The lowest BCUT2D eigenvalue weighted by atomic mass is 10.1. The van der Waals surface area contributed by atoms with Crippen LogP contribution < -0.4 is 20.1 Å². The number of methoxy groups -OCH3 is 2. The fraction of sp³-hybridized carbons (Fsp3) is 0.478. The molecule has 0 saturated heterocycles. The summed E-state index contributed by atoms with van der Waals surface area (Å²) in [6.07, 6.45) is 11.7. The fourth-order valence-electron chi connectivity index (χ4n) is 3.76. The van der Waals surface area contributed by atoms with E-state index in [2.05, 4.69) is 15.6 Å². The van der Waals surface area contributed by atoms with Gasteiger partial charge in [0, 0.05) is 25.0 Å². The first-order valence-corrected chi connectivity index (χ1v) is 10.4. The first-order valence-electron chi connectivity index (χ1n) is 10.4. The van der Waals surface area contributed by atoms with Gasteiger partial charge in [-0.3, -0.25) is 9.78 Å². The molecule has 2 aromatic rings. The number of anilines is 1. The van der Waals surface area contributed by atoms with Crippen LogP contribution in [0.1, 0.15) is 54.4 Å². The predicted molar refractivity (Wildman–Crippen MR) is 115 cm³/mol. The van der Waals surface area contributed by atoms with Gasteiger partial charge in [0.05, 0.1) is 25.5 Å². The van der Waals surface area contributed by atoms with Crippen LogP contribution in [0.4, 0.5) is 5.69 Å². The molecule has 1 aromatic heterocycles. The molecule has 1 aliphatic rings. The maximum absolute atomic E-state index is 12.5. The van der Waals surface area contributed by atoms with Gasteiger partial charge in [0.2, 0.25) is 0 Å². The topological polar surface area (TPSA) is 72.5 Å². The highest BCUT2D eigenvalue weighted by Crippen LogP contribution is 2.27. The second-order valence-electron chi connectivity index (χ2n) is 7.49. The van der Waals surface area contributed by atoms with Gasteiger partial charge in [-0.2, -0.15) is 0 Å². The Morgan fingerprint density at radius 1 is 1.03 bits per heavy atom. The van der Waals surface area contributed by atoms with Crippen LogP contribution in [0, 0.1) is 0 Å². The van der Waals surface area contributed by atoms with Gasteiger partial charge in [0.15, 0.2) is 11.5 Å². The number of carbonyl (C=O) groups excluding carboxylic acids is 1. The van der Waals surface area contributed by atoms with E-state index in [1.54, 1.807) is 26.6 Å². The molecule has 0 spiro atoms. The Labute approximate surface area is 173 Å². The Kier molecular flexibility index (Phi) is 7.73. The lowest BCUT2D eigenvalue weighted by Crippen LogP contribution is -2.26. The van der Waals surface area contributed by atoms with E-state index in [1.807, 2.05) is 24.3 Å². The highest BCUT2D eigenvalue weighted by molar-refractivity contribution is 5.94. The van der Waals surface area contributed by atoms with Gasteiger partial charge in [-0.1, -0.05) is 31.7 Å². The maximum Gasteiger partial charge on any atom is 0.252 e. The molecule has 0 radical (unpaired) electrons. The number of benzene rings is 1. The minimum atomic E-state index is -0.109. The largest absolute Gasteiger partial charge is 0.493 e. The molecule has 0 unspecified atom stereocenters. The summed E-state index contributed by atoms with van der Waals surface area (Å²) in [4.78, 5) is 16.8. The Morgan fingerprint density at radius 2 is 1.79 bits per heavy atom. The number of hydrogen-bond acceptors (Lipinski definition) is 5. The monoisotopic (exact) mass is 397 g/mol. The summed E-state index contributed by atoms with van der Waals surface area (Å²) in [7, 11) is 3.23. The number of nitrogens with one attached hydrogen (secondary N) is 2. The number of nitrogens with zero attached hydrogens (tertiary/aromatic N) is 1. The number of aromatic nitrogens is 1. The molecular formula is C23H31N3O3. The van der Waals surface area contributed by atoms with Crippen molar-refractivity contribution >= 4 is 11.6 Å². The van der Waals surface area contributed by atoms with Crippen LogP contribution in [0.3, 0.4) is 0 Å². The molecule has 0 bridgehead atoms. The van der Waals surface area contributed by atoms with Crippen molar-refractivity contribution in [1.82, 2.24) is 10.3 Å². The molecule has 6 heteroatoms. The number of rotatable bonds is 8. The first-order chi connectivity index (χ1) is 14.2. The molecule has 0 atom stereocenters. The van der Waals surface area contributed by atoms with Crippen molar-refractivity contribution in [3.63, 3.8) is 0 Å². The lowest BCUT2D eigenvalue weighted by molar-refractivity contribution is 0.0954. The van der Waals surface area contributed by atoms with E-state index >= 15 is 0 Å². The van der Waals surface area contributed by atoms with E-state index in [0.717, 1.165) is 11.3 Å². The zero-order valence-electron chi connectivity index (χ0n) is 17.4. The molecule has 29 heavy (non-hydrogen) atoms. The SMILES string of the molecule is COc1ccc(CCNC(=O)c2cncc(NC3CCCCCC3)c2)cc1OC. The number of pyridine rings is 1. The summed E-state index contributed by atoms with van der Waals surface area (Å²) >= 11 is 0. The minimum Gasteiger partial charge on any atom is -0.493 e. The Morgan fingerprint density at radius 3 is 2.52 bits per heavy atom. The first kappa shape index (κ1) is 21.0. The van der Waals surface area contributed by atoms with Crippen molar-refractivity contribution in [2.75, 3.05) is 26.1 Å². The summed E-state index contributed by atoms with van der Waals surface area (Å²) in [6, 6.07) is 8.16. The van der Waals surface area contributed by atoms with Crippen molar-refractivity contribution in [2.24, 2.45) is 0 Å². The molecule has 0 aliphatic heterocycles. The Bertz CT molecular complexity index is 802. The van der Waals surface area contributed by atoms with Crippen LogP contribution in [0.2, 0.25) is 0 Å². The van der Waals surface area contributed by atoms with E-state index in [-0.39, 0.29) is 5.91 Å². The third kappa shape index (κ3) is 6.11. The standard InChI is InChI=1S/C23H31N3O3/c1-28-21-10-9-17(13-22(21)29-2)11-12-25-23(27)18-14-20(16-24-15-18)26-19-7-5-3-4-6-8-19/h9-10,13-16,19,26H,3-8,11-12H2,1-2H3,(H,25,27). The van der Waals surface area contributed by atoms with Gasteiger partial charge < -0.3 is 20.1 Å². The summed E-state index contributed by atoms with van der Waals surface area (Å²) in [5.41, 5.74) is 2.57. The van der Waals surface area contributed by atoms with E-state index in [0.29, 0.717) is 36.1 Å². The number of hydrogen-bond donors (Lipinski definition) is 2. The fourth-order valence-corrected chi connectivity index (χ4v) is 3.76. The quantitative estimate of drug-likeness (QED) is 0.653. The van der Waals surface area contributed by atoms with E-state index in [1.165, 1.54) is 38.5 Å². The Balaban J connectivity index is 1.53. The van der Waals surface area contributed by atoms with E-state index in [4.69, 9.17) is 9.47 Å². The van der Waals surface area contributed by atoms with Crippen molar-refractivity contribution < 1.29 is 14.3 Å². The average molecular weight is 398 g/mol. The van der Waals surface area contributed by atoms with Gasteiger partial charge in [-0.05, 0) is 43.0 Å². The summed E-state index contributed by atoms with van der Waals surface area (Å²) in [5, 5.41) is 6.53. The molecule has 1 amide bonds. The molecule has 1 heterocycles. The highest BCUT2D eigenvalue weighted by Gasteiger charge is 2.13. The zero-order chi connectivity index (χ0) is 20.5. The summed E-state index contributed by atoms with van der Waals surface area (Å²) in [5.74, 6) is 1.28. The average Bonchev–Trinajstić information content (AvgIpc) is 3.02. The highest BCUT2D eigenvalue weighted by atomic mass is 16.5. The molecule has 6 nitrogen and oxygen atoms in total. The number of amides is 1. The number of ether oxygens (including phenoxy) is 2. The van der Waals surface area contributed by atoms with Crippen LogP contribution in [-0.4, -0.2) is 37.7 Å². The molecule has 1 aromatic carbocycles. The second-order valence-corrected chi connectivity index (χ2v) is 7.49. The zero-order valence-corrected chi connectivity index (χ0v) is 17.4. The van der Waals surface area contributed by atoms with Crippen LogP contribution in [0.5, 0.6) is 11.5 Å². The van der Waals surface area contributed by atoms with Crippen molar-refractivity contribution in [1.29, 1.82) is 0 Å². The second kappa shape index (κ2) is 10.7. The van der Waals surface area contributed by atoms with Crippen molar-refractivity contribution in [3.8, 4) is 11.5 Å². The summed E-state index contributed by atoms with van der Waals surface area (Å²) < 4.78 is 10.6. The molecular weight excluding hydrogens is 366 g/mol. The molecule has 1 aliphatic carbocycles. The summed E-state index contributed by atoms with van der Waals surface area (Å²) in [6.45, 7) is 0.536. The minimum absolute atomic E-state index is 0.109. The Hall–Kier alpha value is -2.76. The lowest BCUT2D eigenvalue weighted by Gasteiger charge is -2.17. The predicted octanol–water partition coefficient (Wildman–Crippen LogP) is 4.21. The molecule has 1 fully saturated rings. The van der Waals surface area contributed by atoms with Crippen molar-refractivity contribution in [3.05, 3.63) is 47.8 Å². The van der Waals surface area contributed by atoms with Gasteiger partial charge in [-0.25, -0.2) is 0 Å². The molecule has 1 saturated carbocycles. The van der Waals surface area contributed by atoms with Gasteiger partial charge in [-0.15, -0.1) is 0 Å². The maximum atomic E-state index is 12.5. The molecule has 156 valence electrons. The number of carbonyl (C=O) groups is 1. The van der Waals surface area contributed by atoms with E-state index in [9.17, 15) is 4.79 Å². The van der Waals surface area contributed by atoms with E-state index < -0.39 is 0 Å².